The second-order valence-electron chi connectivity index (χ2n) is 17.7. The SMILES string of the molecule is CC(C)C/C(O)=C/C(=O)C(F)(F)F.Cc1cc(CC(C)(C)C)cc(C)c1-c1sc2c(-c3[c-]c4ccccc4c(C(C)(C)C)c3)ncc(C(C(F)(F)F)C(F)(F)F)c2c1C.[Ir]. The molecule has 0 atom stereocenters. The van der Waals surface area contributed by atoms with Crippen LogP contribution in [0.15, 0.2) is 60.5 Å². The third kappa shape index (κ3) is 12.0. The third-order valence-corrected chi connectivity index (χ3v) is 10.9. The topological polar surface area (TPSA) is 50.2 Å². The van der Waals surface area contributed by atoms with E-state index in [4.69, 9.17) is 5.11 Å². The Balaban J connectivity index is 0.000000593. The van der Waals surface area contributed by atoms with Gasteiger partial charge in [0, 0.05) is 54.1 Å². The summed E-state index contributed by atoms with van der Waals surface area (Å²) in [7, 11) is 0. The number of ketones is 1. The van der Waals surface area contributed by atoms with Crippen LogP contribution in [-0.4, -0.2) is 34.4 Å². The van der Waals surface area contributed by atoms with Crippen LogP contribution < -0.4 is 0 Å². The molecule has 60 heavy (non-hydrogen) atoms. The van der Waals surface area contributed by atoms with Crippen LogP contribution >= 0.6 is 11.3 Å². The van der Waals surface area contributed by atoms with E-state index in [1.807, 2.05) is 44.2 Å². The molecule has 2 aromatic heterocycles. The van der Waals surface area contributed by atoms with Gasteiger partial charge in [0.25, 0.3) is 5.78 Å². The number of aliphatic hydroxyl groups is 1. The number of pyridine rings is 1. The molecule has 0 aliphatic rings. The van der Waals surface area contributed by atoms with Gasteiger partial charge >= 0.3 is 18.5 Å². The van der Waals surface area contributed by atoms with Crippen LogP contribution in [0, 0.1) is 38.2 Å². The van der Waals surface area contributed by atoms with E-state index in [0.717, 1.165) is 51.2 Å². The van der Waals surface area contributed by atoms with E-state index in [1.54, 1.807) is 20.8 Å². The van der Waals surface area contributed by atoms with Crippen molar-refractivity contribution in [3.8, 4) is 21.7 Å². The molecule has 0 saturated carbocycles. The number of aromatic nitrogens is 1. The number of carbonyl (C=O) groups is 1. The van der Waals surface area contributed by atoms with Crippen LogP contribution in [0.25, 0.3) is 42.6 Å². The molecule has 0 saturated heterocycles. The van der Waals surface area contributed by atoms with Gasteiger partial charge in [-0.15, -0.1) is 40.5 Å². The van der Waals surface area contributed by atoms with Gasteiger partial charge in [0.2, 0.25) is 0 Å². The van der Waals surface area contributed by atoms with Gasteiger partial charge in [-0.05, 0) is 82.7 Å². The molecule has 0 fully saturated rings. The van der Waals surface area contributed by atoms with Gasteiger partial charge < -0.3 is 5.11 Å². The first-order valence-corrected chi connectivity index (χ1v) is 19.8. The number of aliphatic hydroxyl groups excluding tert-OH is 1. The zero-order valence-corrected chi connectivity index (χ0v) is 38.4. The minimum Gasteiger partial charge on any atom is -0.512 e. The maximum atomic E-state index is 14.2. The summed E-state index contributed by atoms with van der Waals surface area (Å²) in [6.45, 7) is 21.6. The summed E-state index contributed by atoms with van der Waals surface area (Å²) in [5.41, 5.74) is 4.84. The number of hydrogen-bond acceptors (Lipinski definition) is 4. The Labute approximate surface area is 362 Å². The fourth-order valence-corrected chi connectivity index (χ4v) is 8.80. The molecule has 0 spiro atoms. The number of aryl methyl sites for hydroxylation is 3. The molecule has 0 aliphatic heterocycles. The second kappa shape index (κ2) is 18.3. The first kappa shape index (κ1) is 50.6. The van der Waals surface area contributed by atoms with Gasteiger partial charge in [-0.25, -0.2) is 0 Å². The van der Waals surface area contributed by atoms with Crippen molar-refractivity contribution in [2.45, 2.75) is 119 Å². The maximum Gasteiger partial charge on any atom is 0.454 e. The molecule has 329 valence electrons. The monoisotopic (exact) mass is 1040 g/mol. The fourth-order valence-electron chi connectivity index (χ4n) is 7.29. The Morgan fingerprint density at radius 2 is 1.42 bits per heavy atom. The standard InChI is InChI=1S/C38H38F6NS.C8H11F3O2.Ir/c1-20-14-23(18-35(4,5)6)15-21(2)29(20)32-22(3)30-27(34(37(39,40)41)38(42,43)44)19-45-31(33(30)46-32)25-16-24-12-10-11-13-26(24)28(17-25)36(7,8)9;1-5(2)3-6(12)4-7(13)8(9,10)11;/h10-15,17,19,34H,18H2,1-9H3;4-5,12H,3H2,1-2H3;/q-1;;/b;6-4-;. The number of alkyl halides is 9. The number of benzene rings is 3. The van der Waals surface area contributed by atoms with Crippen LogP contribution in [-0.2, 0) is 36.7 Å². The average Bonchev–Trinajstić information content (AvgIpc) is 3.37. The minimum absolute atomic E-state index is 0. The molecule has 5 aromatic rings. The number of allylic oxidation sites excluding steroid dienone is 2. The first-order valence-electron chi connectivity index (χ1n) is 18.9. The predicted octanol–water partition coefficient (Wildman–Crippen LogP) is 15.2. The van der Waals surface area contributed by atoms with Gasteiger partial charge in [-0.3, -0.25) is 9.78 Å². The first-order chi connectivity index (χ1) is 26.8. The Hall–Kier alpha value is -3.74. The molecule has 0 bridgehead atoms. The smallest absolute Gasteiger partial charge is 0.454 e. The average molecular weight is 1040 g/mol. The summed E-state index contributed by atoms with van der Waals surface area (Å²) < 4.78 is 121. The molecule has 0 unspecified atom stereocenters. The quantitative estimate of drug-likeness (QED) is 0.0765. The largest absolute Gasteiger partial charge is 0.512 e. The molecule has 0 aliphatic carbocycles. The van der Waals surface area contributed by atoms with Crippen molar-refractivity contribution < 1.29 is 69.5 Å². The number of rotatable bonds is 7. The van der Waals surface area contributed by atoms with Crippen LogP contribution in [0.4, 0.5) is 39.5 Å². The van der Waals surface area contributed by atoms with E-state index in [9.17, 15) is 44.3 Å². The third-order valence-electron chi connectivity index (χ3n) is 9.54. The number of fused-ring (bicyclic) bond motifs is 2. The predicted molar refractivity (Wildman–Crippen MR) is 219 cm³/mol. The van der Waals surface area contributed by atoms with Crippen molar-refractivity contribution in [1.29, 1.82) is 0 Å². The molecule has 0 amide bonds. The Bertz CT molecular complexity index is 2340. The normalized spacial score (nSPS) is 13.2. The van der Waals surface area contributed by atoms with Crippen molar-refractivity contribution in [2.24, 2.45) is 11.3 Å². The van der Waals surface area contributed by atoms with Crippen molar-refractivity contribution in [3.05, 3.63) is 99.9 Å². The summed E-state index contributed by atoms with van der Waals surface area (Å²) in [5, 5.41) is 10.6. The zero-order valence-electron chi connectivity index (χ0n) is 35.2. The fraction of sp³-hybridized carbons (Fsp3) is 0.435. The van der Waals surface area contributed by atoms with Gasteiger partial charge in [0.1, 0.15) is 0 Å². The summed E-state index contributed by atoms with van der Waals surface area (Å²) in [5.74, 6) is -6.22. The summed E-state index contributed by atoms with van der Waals surface area (Å²) in [4.78, 5) is 15.3. The Kier molecular flexibility index (Phi) is 15.4. The number of carbonyl (C=O) groups excluding carboxylic acids is 1. The van der Waals surface area contributed by atoms with Crippen molar-refractivity contribution >= 4 is 38.0 Å². The maximum absolute atomic E-state index is 14.2. The van der Waals surface area contributed by atoms with Gasteiger partial charge in [0.15, 0.2) is 5.92 Å². The number of hydrogen-bond donors (Lipinski definition) is 1. The van der Waals surface area contributed by atoms with E-state index in [2.05, 4.69) is 64.7 Å². The van der Waals surface area contributed by atoms with Gasteiger partial charge in [0.05, 0.1) is 5.76 Å². The number of nitrogens with zero attached hydrogens (tertiary/aromatic N) is 1. The van der Waals surface area contributed by atoms with Crippen LogP contribution in [0.1, 0.15) is 101 Å². The molecular formula is C46H49F9IrNO2S-. The van der Waals surface area contributed by atoms with Crippen LogP contribution in [0.3, 0.4) is 0 Å². The molecule has 1 radical (unpaired) electrons. The summed E-state index contributed by atoms with van der Waals surface area (Å²) in [6.07, 6.45) is -14.1. The molecule has 14 heteroatoms. The molecule has 3 aromatic carbocycles. The summed E-state index contributed by atoms with van der Waals surface area (Å²) in [6, 6.07) is 17.1. The second-order valence-corrected chi connectivity index (χ2v) is 18.7. The Morgan fingerprint density at radius 1 is 0.867 bits per heavy atom. The van der Waals surface area contributed by atoms with E-state index in [-0.39, 0.29) is 59.4 Å². The zero-order chi connectivity index (χ0) is 44.8. The molecule has 3 nitrogen and oxygen atoms in total. The van der Waals surface area contributed by atoms with Crippen LogP contribution in [0.2, 0.25) is 0 Å². The molecule has 2 heterocycles. The Morgan fingerprint density at radius 3 is 1.90 bits per heavy atom. The minimum atomic E-state index is -5.56. The van der Waals surface area contributed by atoms with Crippen LogP contribution in [0.5, 0.6) is 0 Å². The van der Waals surface area contributed by atoms with Crippen molar-refractivity contribution in [1.82, 2.24) is 4.98 Å². The molecular weight excluding hydrogens is 994 g/mol. The summed E-state index contributed by atoms with van der Waals surface area (Å²) >= 11 is 1.20. The van der Waals surface area contributed by atoms with Gasteiger partial charge in [-0.1, -0.05) is 96.7 Å². The molecule has 1 N–H and O–H groups in total. The van der Waals surface area contributed by atoms with E-state index in [0.29, 0.717) is 21.7 Å². The van der Waals surface area contributed by atoms with E-state index >= 15 is 0 Å². The van der Waals surface area contributed by atoms with E-state index in [1.165, 1.54) is 11.3 Å². The van der Waals surface area contributed by atoms with Crippen molar-refractivity contribution in [3.63, 3.8) is 0 Å². The van der Waals surface area contributed by atoms with Crippen molar-refractivity contribution in [2.75, 3.05) is 0 Å². The van der Waals surface area contributed by atoms with E-state index < -0.39 is 41.6 Å². The van der Waals surface area contributed by atoms with Gasteiger partial charge in [-0.2, -0.15) is 39.5 Å². The number of halogens is 9. The number of thiophene rings is 1. The molecule has 5 rings (SSSR count).